The molecule has 2 aromatic rings. The average molecular weight is 300 g/mol. The molecule has 108 valence electrons. The fourth-order valence-electron chi connectivity index (χ4n) is 1.87. The van der Waals surface area contributed by atoms with E-state index < -0.39 is 5.91 Å². The molecule has 0 aliphatic rings. The summed E-state index contributed by atoms with van der Waals surface area (Å²) >= 11 is 1.73. The Morgan fingerprint density at radius 2 is 1.81 bits per heavy atom. The van der Waals surface area contributed by atoms with Gasteiger partial charge in [-0.3, -0.25) is 9.59 Å². The van der Waals surface area contributed by atoms with Crippen LogP contribution in [0.5, 0.6) is 0 Å². The van der Waals surface area contributed by atoms with Gasteiger partial charge in [-0.1, -0.05) is 18.2 Å². The molecule has 2 amide bonds. The molecule has 0 spiro atoms. The molecule has 0 bridgehead atoms. The minimum Gasteiger partial charge on any atom is -0.366 e. The third kappa shape index (κ3) is 4.10. The molecule has 5 heteroatoms. The Bertz CT molecular complexity index is 654. The maximum atomic E-state index is 12.1. The molecule has 3 N–H and O–H groups in total. The summed E-state index contributed by atoms with van der Waals surface area (Å²) in [7, 11) is 0. The van der Waals surface area contributed by atoms with E-state index in [1.807, 2.05) is 18.4 Å². The largest absolute Gasteiger partial charge is 0.366 e. The molecule has 21 heavy (non-hydrogen) atoms. The van der Waals surface area contributed by atoms with Gasteiger partial charge in [0.25, 0.3) is 5.91 Å². The highest BCUT2D eigenvalue weighted by Gasteiger charge is 2.07. The predicted molar refractivity (Wildman–Crippen MR) is 86.6 cm³/mol. The van der Waals surface area contributed by atoms with Crippen LogP contribution >= 0.6 is 11.8 Å². The molecule has 0 saturated heterocycles. The lowest BCUT2D eigenvalue weighted by Crippen LogP contribution is -2.14. The number of rotatable bonds is 5. The first-order valence-corrected chi connectivity index (χ1v) is 7.78. The zero-order valence-corrected chi connectivity index (χ0v) is 12.4. The molecule has 0 aliphatic heterocycles. The SMILES string of the molecule is CSCc1ccc(C(=O)Nc2cccc(C(N)=O)c2)cc1. The fourth-order valence-corrected chi connectivity index (χ4v) is 2.40. The van der Waals surface area contributed by atoms with E-state index in [-0.39, 0.29) is 5.91 Å². The molecular weight excluding hydrogens is 284 g/mol. The van der Waals surface area contributed by atoms with Crippen LogP contribution in [0.1, 0.15) is 26.3 Å². The standard InChI is InChI=1S/C16H16N2O2S/c1-21-10-11-5-7-12(8-6-11)16(20)18-14-4-2-3-13(9-14)15(17)19/h2-9H,10H2,1H3,(H2,17,19)(H,18,20). The van der Waals surface area contributed by atoms with Gasteiger partial charge in [-0.15, -0.1) is 0 Å². The van der Waals surface area contributed by atoms with E-state index in [2.05, 4.69) is 5.32 Å². The summed E-state index contributed by atoms with van der Waals surface area (Å²) in [4.78, 5) is 23.2. The Balaban J connectivity index is 2.10. The first-order valence-electron chi connectivity index (χ1n) is 6.39. The van der Waals surface area contributed by atoms with Gasteiger partial charge >= 0.3 is 0 Å². The Kier molecular flexibility index (Phi) is 5.00. The summed E-state index contributed by atoms with van der Waals surface area (Å²) < 4.78 is 0. The fraction of sp³-hybridized carbons (Fsp3) is 0.125. The second kappa shape index (κ2) is 6.95. The van der Waals surface area contributed by atoms with Crippen molar-refractivity contribution in [3.63, 3.8) is 0 Å². The highest BCUT2D eigenvalue weighted by atomic mass is 32.2. The molecule has 0 atom stereocenters. The number of amides is 2. The zero-order chi connectivity index (χ0) is 15.2. The molecule has 4 nitrogen and oxygen atoms in total. The van der Waals surface area contributed by atoms with Gasteiger partial charge in [0.2, 0.25) is 5.91 Å². The van der Waals surface area contributed by atoms with Gasteiger partial charge in [0.15, 0.2) is 0 Å². The Morgan fingerprint density at radius 3 is 2.43 bits per heavy atom. The van der Waals surface area contributed by atoms with Crippen LogP contribution in [0.15, 0.2) is 48.5 Å². The van der Waals surface area contributed by atoms with Crippen molar-refractivity contribution in [1.29, 1.82) is 0 Å². The van der Waals surface area contributed by atoms with E-state index in [1.54, 1.807) is 48.2 Å². The third-order valence-corrected chi connectivity index (χ3v) is 3.55. The first-order chi connectivity index (χ1) is 10.1. The van der Waals surface area contributed by atoms with Crippen LogP contribution in [0.3, 0.4) is 0 Å². The summed E-state index contributed by atoms with van der Waals surface area (Å²) in [6.07, 6.45) is 2.03. The van der Waals surface area contributed by atoms with Crippen molar-refractivity contribution in [1.82, 2.24) is 0 Å². The third-order valence-electron chi connectivity index (χ3n) is 2.93. The zero-order valence-electron chi connectivity index (χ0n) is 11.6. The van der Waals surface area contributed by atoms with Gasteiger partial charge in [0, 0.05) is 22.6 Å². The van der Waals surface area contributed by atoms with Gasteiger partial charge in [0.05, 0.1) is 0 Å². The normalized spacial score (nSPS) is 10.1. The highest BCUT2D eigenvalue weighted by molar-refractivity contribution is 7.97. The van der Waals surface area contributed by atoms with Crippen molar-refractivity contribution in [3.05, 3.63) is 65.2 Å². The summed E-state index contributed by atoms with van der Waals surface area (Å²) in [5, 5.41) is 2.75. The van der Waals surface area contributed by atoms with Gasteiger partial charge in [-0.25, -0.2) is 0 Å². The quantitative estimate of drug-likeness (QED) is 0.891. The number of primary amides is 1. The predicted octanol–water partition coefficient (Wildman–Crippen LogP) is 2.90. The van der Waals surface area contributed by atoms with Crippen LogP contribution in [0.2, 0.25) is 0 Å². The van der Waals surface area contributed by atoms with Crippen molar-refractivity contribution in [2.24, 2.45) is 5.73 Å². The molecule has 0 aliphatic carbocycles. The van der Waals surface area contributed by atoms with Crippen molar-refractivity contribution in [3.8, 4) is 0 Å². The molecule has 2 rings (SSSR count). The van der Waals surface area contributed by atoms with Crippen molar-refractivity contribution >= 4 is 29.3 Å². The number of benzene rings is 2. The first kappa shape index (κ1) is 15.1. The Hall–Kier alpha value is -2.27. The second-order valence-electron chi connectivity index (χ2n) is 4.53. The van der Waals surface area contributed by atoms with Gasteiger partial charge in [-0.05, 0) is 42.2 Å². The summed E-state index contributed by atoms with van der Waals surface area (Å²) in [6, 6.07) is 14.0. The number of carbonyl (C=O) groups is 2. The second-order valence-corrected chi connectivity index (χ2v) is 5.40. The van der Waals surface area contributed by atoms with Crippen LogP contribution in [0.4, 0.5) is 5.69 Å². The van der Waals surface area contributed by atoms with Crippen LogP contribution < -0.4 is 11.1 Å². The van der Waals surface area contributed by atoms with Crippen LogP contribution in [0.25, 0.3) is 0 Å². The number of carbonyl (C=O) groups excluding carboxylic acids is 2. The Morgan fingerprint density at radius 1 is 1.10 bits per heavy atom. The van der Waals surface area contributed by atoms with Gasteiger partial charge < -0.3 is 11.1 Å². The summed E-state index contributed by atoms with van der Waals surface area (Å²) in [5.41, 5.74) is 7.88. The molecule has 0 heterocycles. The summed E-state index contributed by atoms with van der Waals surface area (Å²) in [6.45, 7) is 0. The van der Waals surface area contributed by atoms with Crippen LogP contribution in [-0.4, -0.2) is 18.1 Å². The number of hydrogen-bond acceptors (Lipinski definition) is 3. The minimum absolute atomic E-state index is 0.215. The van der Waals surface area contributed by atoms with Crippen LogP contribution in [0, 0.1) is 0 Å². The summed E-state index contributed by atoms with van der Waals surface area (Å²) in [5.74, 6) is 0.183. The van der Waals surface area contributed by atoms with Gasteiger partial charge in [-0.2, -0.15) is 11.8 Å². The number of thioether (sulfide) groups is 1. The van der Waals surface area contributed by atoms with E-state index >= 15 is 0 Å². The number of hydrogen-bond donors (Lipinski definition) is 2. The van der Waals surface area contributed by atoms with Crippen molar-refractivity contribution < 1.29 is 9.59 Å². The van der Waals surface area contributed by atoms with Crippen molar-refractivity contribution in [2.45, 2.75) is 5.75 Å². The van der Waals surface area contributed by atoms with E-state index in [9.17, 15) is 9.59 Å². The molecule has 0 radical (unpaired) electrons. The lowest BCUT2D eigenvalue weighted by Gasteiger charge is -2.07. The van der Waals surface area contributed by atoms with E-state index in [4.69, 9.17) is 5.73 Å². The maximum absolute atomic E-state index is 12.1. The molecule has 0 saturated carbocycles. The van der Waals surface area contributed by atoms with Crippen molar-refractivity contribution in [2.75, 3.05) is 11.6 Å². The molecule has 0 aromatic heterocycles. The maximum Gasteiger partial charge on any atom is 0.255 e. The Labute approximate surface area is 127 Å². The van der Waals surface area contributed by atoms with E-state index in [0.717, 1.165) is 5.75 Å². The average Bonchev–Trinajstić information content (AvgIpc) is 2.48. The molecule has 0 fully saturated rings. The number of nitrogens with two attached hydrogens (primary N) is 1. The molecular formula is C16H16N2O2S. The minimum atomic E-state index is -0.521. The molecule has 2 aromatic carbocycles. The monoisotopic (exact) mass is 300 g/mol. The van der Waals surface area contributed by atoms with E-state index in [0.29, 0.717) is 16.8 Å². The number of anilines is 1. The van der Waals surface area contributed by atoms with Gasteiger partial charge in [0.1, 0.15) is 0 Å². The van der Waals surface area contributed by atoms with Crippen LogP contribution in [-0.2, 0) is 5.75 Å². The highest BCUT2D eigenvalue weighted by Crippen LogP contribution is 2.14. The topological polar surface area (TPSA) is 72.2 Å². The number of nitrogens with one attached hydrogen (secondary N) is 1. The lowest BCUT2D eigenvalue weighted by atomic mass is 10.1. The molecule has 0 unspecified atom stereocenters. The lowest BCUT2D eigenvalue weighted by molar-refractivity contribution is 0.0996. The smallest absolute Gasteiger partial charge is 0.255 e. The van der Waals surface area contributed by atoms with E-state index in [1.165, 1.54) is 5.56 Å².